The Hall–Kier alpha value is -1.11. The molecular weight excluding hydrogens is 274 g/mol. The van der Waals surface area contributed by atoms with Crippen LogP contribution < -0.4 is 11.1 Å². The summed E-state index contributed by atoms with van der Waals surface area (Å²) in [6.07, 6.45) is 0. The van der Waals surface area contributed by atoms with E-state index in [1.807, 2.05) is 20.8 Å². The molecule has 0 aromatic carbocycles. The SMILES string of the molecule is CC(C)C(C)NC(=O)Cn1nc(N)nc1Br. The molecule has 1 heterocycles. The molecule has 7 heteroatoms. The summed E-state index contributed by atoms with van der Waals surface area (Å²) in [6.45, 7) is 6.18. The first-order chi connectivity index (χ1) is 7.40. The molecule has 0 saturated heterocycles. The topological polar surface area (TPSA) is 85.8 Å². The maximum Gasteiger partial charge on any atom is 0.242 e. The number of anilines is 1. The minimum atomic E-state index is -0.105. The van der Waals surface area contributed by atoms with E-state index < -0.39 is 0 Å². The van der Waals surface area contributed by atoms with Crippen LogP contribution in [0.4, 0.5) is 5.95 Å². The second-order valence-corrected chi connectivity index (χ2v) is 4.71. The molecule has 1 rings (SSSR count). The molecule has 0 aliphatic rings. The first-order valence-electron chi connectivity index (χ1n) is 5.05. The third-order valence-corrected chi connectivity index (χ3v) is 2.91. The predicted molar refractivity (Wildman–Crippen MR) is 64.6 cm³/mol. The Morgan fingerprint density at radius 3 is 2.62 bits per heavy atom. The van der Waals surface area contributed by atoms with Gasteiger partial charge in [0.15, 0.2) is 4.73 Å². The zero-order chi connectivity index (χ0) is 12.3. The number of nitrogens with one attached hydrogen (secondary N) is 1. The summed E-state index contributed by atoms with van der Waals surface area (Å²) in [6, 6.07) is 0.132. The van der Waals surface area contributed by atoms with Crippen LogP contribution in [0.25, 0.3) is 0 Å². The number of hydrogen-bond donors (Lipinski definition) is 2. The van der Waals surface area contributed by atoms with Crippen LogP contribution in [0.15, 0.2) is 4.73 Å². The molecular formula is C9H16BrN5O. The van der Waals surface area contributed by atoms with Crippen molar-refractivity contribution in [1.82, 2.24) is 20.1 Å². The largest absolute Gasteiger partial charge is 0.366 e. The maximum absolute atomic E-state index is 11.6. The van der Waals surface area contributed by atoms with Crippen molar-refractivity contribution in [2.45, 2.75) is 33.4 Å². The van der Waals surface area contributed by atoms with Gasteiger partial charge in [-0.05, 0) is 28.8 Å². The van der Waals surface area contributed by atoms with Crippen molar-refractivity contribution in [3.8, 4) is 0 Å². The number of amides is 1. The fraction of sp³-hybridized carbons (Fsp3) is 0.667. The molecule has 0 fully saturated rings. The third kappa shape index (κ3) is 3.48. The Labute approximate surface area is 103 Å². The van der Waals surface area contributed by atoms with Crippen LogP contribution in [0, 0.1) is 5.92 Å². The minimum Gasteiger partial charge on any atom is -0.366 e. The highest BCUT2D eigenvalue weighted by Crippen LogP contribution is 2.07. The molecule has 6 nitrogen and oxygen atoms in total. The van der Waals surface area contributed by atoms with Gasteiger partial charge < -0.3 is 11.1 Å². The molecule has 1 atom stereocenters. The molecule has 1 aromatic rings. The maximum atomic E-state index is 11.6. The summed E-state index contributed by atoms with van der Waals surface area (Å²) in [4.78, 5) is 15.5. The number of rotatable bonds is 4. The number of hydrogen-bond acceptors (Lipinski definition) is 4. The first kappa shape index (κ1) is 13.0. The van der Waals surface area contributed by atoms with Crippen molar-refractivity contribution in [2.24, 2.45) is 5.92 Å². The first-order valence-corrected chi connectivity index (χ1v) is 5.84. The lowest BCUT2D eigenvalue weighted by Gasteiger charge is -2.17. The van der Waals surface area contributed by atoms with Gasteiger partial charge in [0.05, 0.1) is 0 Å². The second kappa shape index (κ2) is 5.29. The Bertz CT molecular complexity index is 376. The van der Waals surface area contributed by atoms with E-state index in [9.17, 15) is 4.79 Å². The van der Waals surface area contributed by atoms with Crippen LogP contribution >= 0.6 is 15.9 Å². The average molecular weight is 290 g/mol. The van der Waals surface area contributed by atoms with Gasteiger partial charge in [-0.25, -0.2) is 4.68 Å². The Morgan fingerprint density at radius 2 is 2.19 bits per heavy atom. The van der Waals surface area contributed by atoms with E-state index in [-0.39, 0.29) is 24.4 Å². The monoisotopic (exact) mass is 289 g/mol. The smallest absolute Gasteiger partial charge is 0.242 e. The molecule has 0 saturated carbocycles. The normalized spacial score (nSPS) is 12.8. The molecule has 0 radical (unpaired) electrons. The van der Waals surface area contributed by atoms with Gasteiger partial charge in [0.1, 0.15) is 6.54 Å². The molecule has 0 aliphatic carbocycles. The number of carbonyl (C=O) groups is 1. The predicted octanol–water partition coefficient (Wildman–Crippen LogP) is 0.784. The molecule has 1 unspecified atom stereocenters. The molecule has 90 valence electrons. The van der Waals surface area contributed by atoms with E-state index in [1.165, 1.54) is 4.68 Å². The van der Waals surface area contributed by atoms with Crippen LogP contribution in [-0.2, 0) is 11.3 Å². The lowest BCUT2D eigenvalue weighted by molar-refractivity contribution is -0.122. The fourth-order valence-corrected chi connectivity index (χ4v) is 1.43. The van der Waals surface area contributed by atoms with Gasteiger partial charge in [0, 0.05) is 6.04 Å². The number of aromatic nitrogens is 3. The zero-order valence-corrected chi connectivity index (χ0v) is 11.2. The van der Waals surface area contributed by atoms with Crippen LogP contribution in [0.1, 0.15) is 20.8 Å². The van der Waals surface area contributed by atoms with Gasteiger partial charge in [-0.1, -0.05) is 13.8 Å². The standard InChI is InChI=1S/C9H16BrN5O/c1-5(2)6(3)12-7(16)4-15-8(10)13-9(11)14-15/h5-6H,4H2,1-3H3,(H2,11,14)(H,12,16). The molecule has 1 aromatic heterocycles. The quantitative estimate of drug-likeness (QED) is 0.858. The van der Waals surface area contributed by atoms with Crippen molar-refractivity contribution in [3.63, 3.8) is 0 Å². The van der Waals surface area contributed by atoms with Gasteiger partial charge >= 0.3 is 0 Å². The Balaban J connectivity index is 2.55. The second-order valence-electron chi connectivity index (χ2n) is 4.00. The lowest BCUT2D eigenvalue weighted by atomic mass is 10.1. The number of halogens is 1. The summed E-state index contributed by atoms with van der Waals surface area (Å²) in [7, 11) is 0. The minimum absolute atomic E-state index is 0.105. The van der Waals surface area contributed by atoms with Crippen LogP contribution in [-0.4, -0.2) is 26.7 Å². The summed E-state index contributed by atoms with van der Waals surface area (Å²) >= 11 is 3.17. The summed E-state index contributed by atoms with van der Waals surface area (Å²) in [5.74, 6) is 0.441. The summed E-state index contributed by atoms with van der Waals surface area (Å²) in [5.41, 5.74) is 5.40. The molecule has 0 spiro atoms. The molecule has 16 heavy (non-hydrogen) atoms. The fourth-order valence-electron chi connectivity index (χ4n) is 1.04. The average Bonchev–Trinajstić information content (AvgIpc) is 2.44. The molecule has 0 aliphatic heterocycles. The van der Waals surface area contributed by atoms with E-state index in [0.717, 1.165) is 0 Å². The van der Waals surface area contributed by atoms with Gasteiger partial charge in [-0.15, -0.1) is 5.10 Å². The van der Waals surface area contributed by atoms with Crippen LogP contribution in [0.5, 0.6) is 0 Å². The number of nitrogen functional groups attached to an aromatic ring is 1. The van der Waals surface area contributed by atoms with E-state index in [1.54, 1.807) is 0 Å². The highest BCUT2D eigenvalue weighted by atomic mass is 79.9. The van der Waals surface area contributed by atoms with Crippen molar-refractivity contribution in [2.75, 3.05) is 5.73 Å². The highest BCUT2D eigenvalue weighted by Gasteiger charge is 2.13. The highest BCUT2D eigenvalue weighted by molar-refractivity contribution is 9.10. The summed E-state index contributed by atoms with van der Waals surface area (Å²) in [5, 5.41) is 6.75. The van der Waals surface area contributed by atoms with E-state index in [4.69, 9.17) is 5.73 Å². The molecule has 0 bridgehead atoms. The number of carbonyl (C=O) groups excluding carboxylic acids is 1. The van der Waals surface area contributed by atoms with Crippen molar-refractivity contribution in [1.29, 1.82) is 0 Å². The van der Waals surface area contributed by atoms with Gasteiger partial charge in [0.25, 0.3) is 0 Å². The van der Waals surface area contributed by atoms with Gasteiger partial charge in [-0.3, -0.25) is 4.79 Å². The summed E-state index contributed by atoms with van der Waals surface area (Å²) < 4.78 is 1.87. The van der Waals surface area contributed by atoms with E-state index >= 15 is 0 Å². The number of nitrogens with two attached hydrogens (primary N) is 1. The van der Waals surface area contributed by atoms with Crippen molar-refractivity contribution in [3.05, 3.63) is 4.73 Å². The Morgan fingerprint density at radius 1 is 1.56 bits per heavy atom. The van der Waals surface area contributed by atoms with Crippen LogP contribution in [0.2, 0.25) is 0 Å². The van der Waals surface area contributed by atoms with Crippen molar-refractivity contribution >= 4 is 27.8 Å². The lowest BCUT2D eigenvalue weighted by Crippen LogP contribution is -2.38. The van der Waals surface area contributed by atoms with Crippen LogP contribution in [0.3, 0.4) is 0 Å². The third-order valence-electron chi connectivity index (χ3n) is 2.32. The molecule has 3 N–H and O–H groups in total. The van der Waals surface area contributed by atoms with E-state index in [0.29, 0.717) is 10.7 Å². The zero-order valence-electron chi connectivity index (χ0n) is 9.57. The van der Waals surface area contributed by atoms with Gasteiger partial charge in [0.2, 0.25) is 11.9 Å². The van der Waals surface area contributed by atoms with E-state index in [2.05, 4.69) is 31.3 Å². The molecule has 1 amide bonds. The van der Waals surface area contributed by atoms with Crippen molar-refractivity contribution < 1.29 is 4.79 Å². The Kier molecular flexibility index (Phi) is 4.28. The number of nitrogens with zero attached hydrogens (tertiary/aromatic N) is 3. The van der Waals surface area contributed by atoms with Gasteiger partial charge in [-0.2, -0.15) is 4.98 Å².